The summed E-state index contributed by atoms with van der Waals surface area (Å²) < 4.78 is 44.0. The summed E-state index contributed by atoms with van der Waals surface area (Å²) in [6.07, 6.45) is 1.39. The number of carbonyl (C=O) groups excluding carboxylic acids is 1. The van der Waals surface area contributed by atoms with Crippen LogP contribution >= 0.6 is 11.6 Å². The molecule has 0 fully saturated rings. The number of rotatable bonds is 6. The van der Waals surface area contributed by atoms with Crippen LogP contribution in [0.15, 0.2) is 77.7 Å². The van der Waals surface area contributed by atoms with Crippen molar-refractivity contribution < 1.29 is 22.3 Å². The van der Waals surface area contributed by atoms with E-state index in [4.69, 9.17) is 16.3 Å². The number of fused-ring (bicyclic) bond motifs is 1. The Kier molecular flexibility index (Phi) is 6.16. The molecule has 4 rings (SSSR count). The maximum Gasteiger partial charge on any atom is 0.273 e. The minimum absolute atomic E-state index is 0.00449. The Labute approximate surface area is 189 Å². The van der Waals surface area contributed by atoms with E-state index in [0.29, 0.717) is 16.5 Å². The third kappa shape index (κ3) is 4.76. The third-order valence-corrected chi connectivity index (χ3v) is 6.71. The Morgan fingerprint density at radius 3 is 2.59 bits per heavy atom. The first-order valence-electron chi connectivity index (χ1n) is 9.59. The molecule has 3 aromatic carbocycles. The molecule has 0 atom stereocenters. The van der Waals surface area contributed by atoms with Gasteiger partial charge in [0.15, 0.2) is 9.84 Å². The summed E-state index contributed by atoms with van der Waals surface area (Å²) in [5.41, 5.74) is 6.85. The second kappa shape index (κ2) is 9.02. The molecule has 1 amide bonds. The first-order chi connectivity index (χ1) is 15.3. The van der Waals surface area contributed by atoms with Crippen molar-refractivity contribution in [2.75, 3.05) is 5.75 Å². The monoisotopic (exact) mass is 472 g/mol. The van der Waals surface area contributed by atoms with Crippen molar-refractivity contribution in [3.05, 3.63) is 100 Å². The van der Waals surface area contributed by atoms with Crippen molar-refractivity contribution in [2.24, 2.45) is 0 Å². The molecule has 3 aromatic rings. The van der Waals surface area contributed by atoms with Gasteiger partial charge in [0, 0.05) is 10.6 Å². The Morgan fingerprint density at radius 1 is 1.06 bits per heavy atom. The molecule has 0 saturated heterocycles. The number of halogens is 2. The van der Waals surface area contributed by atoms with Crippen molar-refractivity contribution in [1.29, 1.82) is 0 Å². The molecule has 0 unspecified atom stereocenters. The molecule has 1 heterocycles. The lowest BCUT2D eigenvalue weighted by Crippen LogP contribution is -2.37. The highest BCUT2D eigenvalue weighted by molar-refractivity contribution is 7.91. The zero-order valence-corrected chi connectivity index (χ0v) is 18.2. The van der Waals surface area contributed by atoms with E-state index >= 15 is 0 Å². The van der Waals surface area contributed by atoms with Gasteiger partial charge in [-0.25, -0.2) is 12.8 Å². The summed E-state index contributed by atoms with van der Waals surface area (Å²) in [5, 5.41) is 0.617. The molecule has 6 nitrogen and oxygen atoms in total. The molecule has 0 saturated carbocycles. The SMILES string of the molecule is O=C(NNC1=CCS(=O)(=O)c2ccc(F)cc21)c1ccccc1OCc1ccc(Cl)cc1. The Balaban J connectivity index is 1.48. The summed E-state index contributed by atoms with van der Waals surface area (Å²) in [6, 6.07) is 17.3. The van der Waals surface area contributed by atoms with Crippen LogP contribution in [0.5, 0.6) is 5.75 Å². The Hall–Kier alpha value is -3.36. The lowest BCUT2D eigenvalue weighted by Gasteiger charge is -2.20. The number of hydrogen-bond donors (Lipinski definition) is 2. The van der Waals surface area contributed by atoms with Gasteiger partial charge >= 0.3 is 0 Å². The molecule has 0 radical (unpaired) electrons. The number of nitrogens with one attached hydrogen (secondary N) is 2. The zero-order valence-electron chi connectivity index (χ0n) is 16.6. The van der Waals surface area contributed by atoms with Gasteiger partial charge in [-0.2, -0.15) is 0 Å². The zero-order chi connectivity index (χ0) is 22.7. The predicted molar refractivity (Wildman–Crippen MR) is 119 cm³/mol. The van der Waals surface area contributed by atoms with Crippen LogP contribution in [0.3, 0.4) is 0 Å². The lowest BCUT2D eigenvalue weighted by molar-refractivity contribution is 0.0938. The van der Waals surface area contributed by atoms with Gasteiger partial charge in [-0.3, -0.25) is 15.6 Å². The van der Waals surface area contributed by atoms with Crippen molar-refractivity contribution >= 4 is 33.0 Å². The fourth-order valence-corrected chi connectivity index (χ4v) is 4.68. The molecule has 9 heteroatoms. The van der Waals surface area contributed by atoms with Crippen LogP contribution in [0.1, 0.15) is 21.5 Å². The van der Waals surface area contributed by atoms with E-state index in [1.165, 1.54) is 12.1 Å². The number of hydrogen-bond acceptors (Lipinski definition) is 5. The highest BCUT2D eigenvalue weighted by Crippen LogP contribution is 2.28. The van der Waals surface area contributed by atoms with E-state index in [1.54, 1.807) is 36.4 Å². The van der Waals surface area contributed by atoms with Crippen LogP contribution in [-0.4, -0.2) is 20.1 Å². The van der Waals surface area contributed by atoms with Gasteiger partial charge in [0.25, 0.3) is 5.91 Å². The van der Waals surface area contributed by atoms with Crippen LogP contribution in [-0.2, 0) is 16.4 Å². The fourth-order valence-electron chi connectivity index (χ4n) is 3.21. The molecule has 32 heavy (non-hydrogen) atoms. The minimum atomic E-state index is -3.55. The van der Waals surface area contributed by atoms with Crippen molar-refractivity contribution in [1.82, 2.24) is 10.9 Å². The summed E-state index contributed by atoms with van der Waals surface area (Å²) in [7, 11) is -3.55. The average Bonchev–Trinajstić information content (AvgIpc) is 2.78. The molecule has 164 valence electrons. The quantitative estimate of drug-likeness (QED) is 0.416. The second-order valence-electron chi connectivity index (χ2n) is 7.03. The number of hydrazine groups is 1. The number of sulfone groups is 1. The van der Waals surface area contributed by atoms with E-state index in [-0.39, 0.29) is 28.4 Å². The van der Waals surface area contributed by atoms with Crippen molar-refractivity contribution in [2.45, 2.75) is 11.5 Å². The first kappa shape index (κ1) is 21.9. The van der Waals surface area contributed by atoms with Crippen LogP contribution in [0.4, 0.5) is 4.39 Å². The standard InChI is InChI=1S/C23H18ClFN2O4S/c24-16-7-5-15(6-8-16)14-31-21-4-2-1-3-18(21)23(28)27-26-20-11-12-32(29,30)22-10-9-17(25)13-19(20)22/h1-11,13,26H,12,14H2,(H,27,28). The molecule has 1 aliphatic heterocycles. The topological polar surface area (TPSA) is 84.5 Å². The third-order valence-electron chi connectivity index (χ3n) is 4.82. The van der Waals surface area contributed by atoms with Gasteiger partial charge in [-0.05, 0) is 54.1 Å². The molecule has 1 aliphatic rings. The van der Waals surface area contributed by atoms with Gasteiger partial charge in [-0.1, -0.05) is 35.9 Å². The molecular formula is C23H18ClFN2O4S. The number of amides is 1. The summed E-state index contributed by atoms with van der Waals surface area (Å²) in [5.74, 6) is -0.969. The first-order valence-corrected chi connectivity index (χ1v) is 11.6. The molecular weight excluding hydrogens is 455 g/mol. The Bertz CT molecular complexity index is 1310. The van der Waals surface area contributed by atoms with Crippen molar-refractivity contribution in [3.63, 3.8) is 0 Å². The van der Waals surface area contributed by atoms with Crippen molar-refractivity contribution in [3.8, 4) is 5.75 Å². The largest absolute Gasteiger partial charge is 0.488 e. The van der Waals surface area contributed by atoms with Gasteiger partial charge in [-0.15, -0.1) is 0 Å². The maximum atomic E-state index is 13.7. The molecule has 0 bridgehead atoms. The number of carbonyl (C=O) groups is 1. The van der Waals surface area contributed by atoms with Crippen LogP contribution in [0.25, 0.3) is 5.70 Å². The van der Waals surface area contributed by atoms with E-state index in [2.05, 4.69) is 10.9 Å². The Morgan fingerprint density at radius 2 is 1.81 bits per heavy atom. The summed E-state index contributed by atoms with van der Waals surface area (Å²) >= 11 is 5.89. The van der Waals surface area contributed by atoms with Gasteiger partial charge < -0.3 is 4.74 Å². The van der Waals surface area contributed by atoms with E-state index in [9.17, 15) is 17.6 Å². The summed E-state index contributed by atoms with van der Waals surface area (Å²) in [4.78, 5) is 12.8. The molecule has 2 N–H and O–H groups in total. The summed E-state index contributed by atoms with van der Waals surface area (Å²) in [6.45, 7) is 0.241. The normalized spacial score (nSPS) is 14.1. The number of benzene rings is 3. The highest BCUT2D eigenvalue weighted by atomic mass is 35.5. The highest BCUT2D eigenvalue weighted by Gasteiger charge is 2.25. The number of ether oxygens (including phenoxy) is 1. The number of para-hydroxylation sites is 1. The molecule has 0 spiro atoms. The predicted octanol–water partition coefficient (Wildman–Crippen LogP) is 4.12. The van der Waals surface area contributed by atoms with E-state index in [1.807, 2.05) is 12.1 Å². The van der Waals surface area contributed by atoms with Crippen LogP contribution in [0, 0.1) is 5.82 Å². The second-order valence-corrected chi connectivity index (χ2v) is 9.47. The molecule has 0 aromatic heterocycles. The maximum absolute atomic E-state index is 13.7. The lowest BCUT2D eigenvalue weighted by atomic mass is 10.1. The smallest absolute Gasteiger partial charge is 0.273 e. The van der Waals surface area contributed by atoms with Crippen LogP contribution < -0.4 is 15.6 Å². The fraction of sp³-hybridized carbons (Fsp3) is 0.0870. The molecule has 0 aliphatic carbocycles. The van der Waals surface area contributed by atoms with Crippen LogP contribution in [0.2, 0.25) is 5.02 Å². The van der Waals surface area contributed by atoms with Gasteiger partial charge in [0.05, 0.1) is 21.9 Å². The van der Waals surface area contributed by atoms with E-state index < -0.39 is 21.6 Å². The van der Waals surface area contributed by atoms with E-state index in [0.717, 1.165) is 17.7 Å². The minimum Gasteiger partial charge on any atom is -0.488 e. The average molecular weight is 473 g/mol. The van der Waals surface area contributed by atoms with Gasteiger partial charge in [0.2, 0.25) is 0 Å². The van der Waals surface area contributed by atoms with Gasteiger partial charge in [0.1, 0.15) is 18.2 Å².